The number of carbonyl (C=O) groups excluding carboxylic acids is 8. The largest absolute Gasteiger partial charge is 1.00 e. The van der Waals surface area contributed by atoms with Crippen LogP contribution in [-0.4, -0.2) is 74.4 Å². The molecule has 0 bridgehead atoms. The molecule has 0 atom stereocenters. The van der Waals surface area contributed by atoms with Crippen LogP contribution < -0.4 is 17.0 Å². The van der Waals surface area contributed by atoms with E-state index in [1.807, 2.05) is 0 Å². The summed E-state index contributed by atoms with van der Waals surface area (Å²) in [5, 5.41) is 0. The fourth-order valence-corrected chi connectivity index (χ4v) is 8.05. The molecule has 0 heterocycles. The maximum Gasteiger partial charge on any atom is 0.337 e. The molecule has 4 aromatic carbocycles. The van der Waals surface area contributed by atoms with E-state index in [1.165, 1.54) is 97.1 Å². The number of carbonyl (C=O) groups is 8. The highest BCUT2D eigenvalue weighted by Gasteiger charge is 2.69. The van der Waals surface area contributed by atoms with Crippen molar-refractivity contribution < 1.29 is 74.3 Å². The Morgan fingerprint density at radius 2 is 0.460 bits per heavy atom. The molecule has 4 aromatic rings. The zero-order valence-corrected chi connectivity index (χ0v) is 29.4. The maximum atomic E-state index is 14.8. The van der Waals surface area contributed by atoms with Gasteiger partial charge in [-0.3, -0.25) is 0 Å². The van der Waals surface area contributed by atoms with Crippen LogP contribution in [0.5, 0.6) is 0 Å². The van der Waals surface area contributed by atoms with Gasteiger partial charge in [-0.05, 0) is 97.1 Å². The van der Waals surface area contributed by atoms with Crippen molar-refractivity contribution in [3.05, 3.63) is 142 Å². The first-order valence-electron chi connectivity index (χ1n) is 14.3. The molecule has 0 aliphatic rings. The van der Waals surface area contributed by atoms with E-state index in [1.54, 1.807) is 0 Å². The van der Waals surface area contributed by atoms with E-state index in [0.29, 0.717) is 0 Å². The average Bonchev–Trinajstić information content (AvgIpc) is 3.16. The first kappa shape index (κ1) is 38.8. The zero-order chi connectivity index (χ0) is 35.9. The summed E-state index contributed by atoms with van der Waals surface area (Å²) in [6, 6.07) is 19.5. The lowest BCUT2D eigenvalue weighted by molar-refractivity contribution is -0.0000907. The van der Waals surface area contributed by atoms with Crippen LogP contribution in [-0.2, 0) is 18.9 Å². The van der Waals surface area contributed by atoms with E-state index >= 15 is 0 Å². The lowest BCUT2D eigenvalue weighted by Gasteiger charge is -2.20. The van der Waals surface area contributed by atoms with Crippen molar-refractivity contribution in [1.82, 2.24) is 0 Å². The topological polar surface area (TPSA) is 173 Å². The van der Waals surface area contributed by atoms with Gasteiger partial charge in [-0.1, -0.05) is 0 Å². The second-order valence-electron chi connectivity index (χ2n) is 10.2. The van der Waals surface area contributed by atoms with Gasteiger partial charge in [0.15, 0.2) is 0 Å². The Hall–Kier alpha value is -5.65. The van der Waals surface area contributed by atoms with Crippen molar-refractivity contribution in [2.45, 2.75) is 0 Å². The molecule has 0 radical (unpaired) electrons. The van der Waals surface area contributed by atoms with Gasteiger partial charge in [0.05, 0.1) is 72.9 Å². The lowest BCUT2D eigenvalue weighted by atomic mass is 10.1. The highest BCUT2D eigenvalue weighted by molar-refractivity contribution is 8.27. The Labute approximate surface area is 296 Å². The minimum absolute atomic E-state index is 0. The van der Waals surface area contributed by atoms with Gasteiger partial charge in [0, 0.05) is 0 Å². The molecular weight excluding hydrogens is 735 g/mol. The minimum atomic E-state index is -4.95. The van der Waals surface area contributed by atoms with E-state index in [4.69, 9.17) is 18.9 Å². The molecule has 0 aromatic heterocycles. The first-order chi connectivity index (χ1) is 23.4. The molecule has 14 heteroatoms. The Bertz CT molecular complexity index is 1680. The fourth-order valence-electron chi connectivity index (χ4n) is 4.79. The number of ether oxygens (including phenoxy) is 4. The second kappa shape index (κ2) is 16.6. The number of halogens is 1. The molecule has 256 valence electrons. The summed E-state index contributed by atoms with van der Waals surface area (Å²) in [6.45, 7) is 0. The molecule has 0 aliphatic heterocycles. The molecule has 0 saturated carbocycles. The van der Waals surface area contributed by atoms with Crippen LogP contribution in [0.2, 0.25) is 0 Å². The molecule has 0 unspecified atom stereocenters. The summed E-state index contributed by atoms with van der Waals surface area (Å²) in [5.41, 5.74) is -5.23. The molecule has 12 nitrogen and oxygen atoms in total. The quantitative estimate of drug-likeness (QED) is 0.117. The Morgan fingerprint density at radius 3 is 0.600 bits per heavy atom. The smallest absolute Gasteiger partial charge is 0.337 e. The van der Waals surface area contributed by atoms with Crippen LogP contribution in [0.1, 0.15) is 82.9 Å². The summed E-state index contributed by atoms with van der Waals surface area (Å²) in [4.78, 5) is 108. The lowest BCUT2D eigenvalue weighted by Crippen LogP contribution is -3.00. The zero-order valence-electron chi connectivity index (χ0n) is 27.0. The summed E-state index contributed by atoms with van der Waals surface area (Å²) in [7, 11) is -0.299. The third-order valence-electron chi connectivity index (χ3n) is 7.43. The number of esters is 4. The number of rotatable bonds is 12. The minimum Gasteiger partial charge on any atom is -1.00 e. The summed E-state index contributed by atoms with van der Waals surface area (Å²) >= 11 is 0. The highest BCUT2D eigenvalue weighted by Crippen LogP contribution is 2.67. The maximum absolute atomic E-state index is 14.8. The average molecular weight is 763 g/mol. The molecular formula is C36H28BrO12P. The van der Waals surface area contributed by atoms with Crippen molar-refractivity contribution >= 4 is 53.2 Å². The van der Waals surface area contributed by atoms with Crippen LogP contribution in [0.3, 0.4) is 0 Å². The number of hydrogen-bond acceptors (Lipinski definition) is 12. The second-order valence-corrected chi connectivity index (χ2v) is 13.1. The summed E-state index contributed by atoms with van der Waals surface area (Å²) < 4.78 is 18.9. The van der Waals surface area contributed by atoms with Crippen molar-refractivity contribution in [2.24, 2.45) is 0 Å². The predicted molar refractivity (Wildman–Crippen MR) is 175 cm³/mol. The van der Waals surface area contributed by atoms with E-state index < -0.39 is 53.2 Å². The Morgan fingerprint density at radius 1 is 0.320 bits per heavy atom. The van der Waals surface area contributed by atoms with Crippen molar-refractivity contribution in [1.29, 1.82) is 0 Å². The molecule has 0 amide bonds. The molecule has 0 spiro atoms. The van der Waals surface area contributed by atoms with Crippen LogP contribution in [0.25, 0.3) is 0 Å². The van der Waals surface area contributed by atoms with E-state index in [-0.39, 0.29) is 61.5 Å². The van der Waals surface area contributed by atoms with Gasteiger partial charge in [-0.25, -0.2) is 38.4 Å². The predicted octanol–water partition coefficient (Wildman–Crippen LogP) is 2.52. The monoisotopic (exact) mass is 762 g/mol. The third kappa shape index (κ3) is 7.49. The summed E-state index contributed by atoms with van der Waals surface area (Å²) in [6.07, 6.45) is 0. The Kier molecular flexibility index (Phi) is 12.9. The van der Waals surface area contributed by atoms with E-state index in [9.17, 15) is 38.4 Å². The van der Waals surface area contributed by atoms with Crippen LogP contribution in [0, 0.1) is 0 Å². The Balaban J connectivity index is 0.00000676. The first-order valence-corrected chi connectivity index (χ1v) is 16.1. The molecule has 0 aliphatic carbocycles. The fraction of sp³-hybridized carbons (Fsp3) is 0.111. The van der Waals surface area contributed by atoms with Crippen molar-refractivity contribution in [3.8, 4) is 0 Å². The molecule has 0 fully saturated rings. The van der Waals surface area contributed by atoms with Crippen molar-refractivity contribution in [3.63, 3.8) is 0 Å². The highest BCUT2D eigenvalue weighted by atomic mass is 79.9. The van der Waals surface area contributed by atoms with Gasteiger partial charge in [0.25, 0.3) is 0 Å². The normalized spacial score (nSPS) is 10.5. The van der Waals surface area contributed by atoms with Gasteiger partial charge < -0.3 is 35.9 Å². The molecule has 4 rings (SSSR count). The van der Waals surface area contributed by atoms with Crippen LogP contribution in [0.15, 0.2) is 97.1 Å². The van der Waals surface area contributed by atoms with Gasteiger partial charge in [-0.2, -0.15) is 0 Å². The van der Waals surface area contributed by atoms with Gasteiger partial charge in [0.2, 0.25) is 0 Å². The summed E-state index contributed by atoms with van der Waals surface area (Å²) in [5.74, 6) is -2.87. The van der Waals surface area contributed by atoms with E-state index in [2.05, 4.69) is 0 Å². The van der Waals surface area contributed by atoms with Crippen molar-refractivity contribution in [2.75, 3.05) is 28.4 Å². The standard InChI is InChI=1S/C36H28O12P.BrH/c1-45-29(37)21-5-13-25(14-6-21)33(41)49(34(42)26-15-7-22(8-16-26)30(38)46-2,35(43)27-17-9-23(10-18-27)31(39)47-3)36(44)28-19-11-24(12-20-28)32(40)48-4;/h5-20H,1-4H3;1H/q+1;/p-1. The SMILES string of the molecule is COC(=O)c1ccc(C(=O)[P+](C(=O)c2ccc(C(=O)OC)cc2)(C(=O)c2ccc(C(=O)OC)cc2)C(=O)c2ccc(C(=O)OC)cc2)cc1.[Br-]. The van der Waals surface area contributed by atoms with Crippen LogP contribution >= 0.6 is 7.26 Å². The molecule has 0 N–H and O–H groups in total. The van der Waals surface area contributed by atoms with E-state index in [0.717, 1.165) is 28.4 Å². The number of hydrogen-bond donors (Lipinski definition) is 0. The third-order valence-corrected chi connectivity index (χ3v) is 10.9. The van der Waals surface area contributed by atoms with Crippen LogP contribution in [0.4, 0.5) is 0 Å². The van der Waals surface area contributed by atoms with Gasteiger partial charge in [-0.15, -0.1) is 0 Å². The molecule has 50 heavy (non-hydrogen) atoms. The number of methoxy groups -OCH3 is 4. The number of benzene rings is 4. The molecule has 0 saturated heterocycles. The van der Waals surface area contributed by atoms with Gasteiger partial charge in [0.1, 0.15) is 0 Å². The van der Waals surface area contributed by atoms with Gasteiger partial charge >= 0.3 is 53.2 Å².